The monoisotopic (exact) mass is 271 g/mol. The van der Waals surface area contributed by atoms with Crippen molar-refractivity contribution in [1.29, 1.82) is 0 Å². The lowest BCUT2D eigenvalue weighted by Crippen LogP contribution is -2.38. The summed E-state index contributed by atoms with van der Waals surface area (Å²) in [6.07, 6.45) is 6.40. The zero-order valence-electron chi connectivity index (χ0n) is 13.0. The van der Waals surface area contributed by atoms with Crippen LogP contribution in [0.2, 0.25) is 0 Å². The number of nitrogens with zero attached hydrogens (tertiary/aromatic N) is 1. The number of benzene rings is 1. The summed E-state index contributed by atoms with van der Waals surface area (Å²) in [4.78, 5) is 2.35. The number of hydrogen-bond acceptors (Lipinski definition) is 2. The summed E-state index contributed by atoms with van der Waals surface area (Å²) in [5, 5.41) is 9.92. The van der Waals surface area contributed by atoms with Crippen LogP contribution in [0, 0.1) is 18.3 Å². The molecule has 3 unspecified atom stereocenters. The largest absolute Gasteiger partial charge is 0.508 e. The Morgan fingerprint density at radius 3 is 2.65 bits per heavy atom. The number of aryl methyl sites for hydroxylation is 1. The Morgan fingerprint density at radius 1 is 1.25 bits per heavy atom. The first-order valence-electron chi connectivity index (χ1n) is 7.58. The molecule has 0 saturated heterocycles. The first-order chi connectivity index (χ1) is 9.38. The summed E-state index contributed by atoms with van der Waals surface area (Å²) in [5.41, 5.74) is 4.08. The number of rotatable bonds is 2. The summed E-state index contributed by atoms with van der Waals surface area (Å²) < 4.78 is 0. The second kappa shape index (κ2) is 4.63. The molecule has 2 nitrogen and oxygen atoms in total. The fourth-order valence-corrected chi connectivity index (χ4v) is 4.32. The highest BCUT2D eigenvalue weighted by atomic mass is 16.3. The maximum Gasteiger partial charge on any atom is 0.116 e. The highest BCUT2D eigenvalue weighted by molar-refractivity contribution is 5.73. The third-order valence-corrected chi connectivity index (χ3v) is 5.04. The Morgan fingerprint density at radius 2 is 2.00 bits per heavy atom. The summed E-state index contributed by atoms with van der Waals surface area (Å²) >= 11 is 0. The molecule has 2 aliphatic rings. The van der Waals surface area contributed by atoms with E-state index in [-0.39, 0.29) is 0 Å². The SMILES string of the molecule is Cc1cc(O)cc(C2=CC3(C)CCC(C3)C2N(C)C)c1. The maximum atomic E-state index is 9.92. The van der Waals surface area contributed by atoms with Crippen LogP contribution >= 0.6 is 0 Å². The van der Waals surface area contributed by atoms with E-state index >= 15 is 0 Å². The van der Waals surface area contributed by atoms with Crippen LogP contribution in [0.5, 0.6) is 5.75 Å². The lowest BCUT2D eigenvalue weighted by atomic mass is 9.74. The zero-order valence-corrected chi connectivity index (χ0v) is 13.0. The van der Waals surface area contributed by atoms with E-state index < -0.39 is 0 Å². The van der Waals surface area contributed by atoms with E-state index in [0.717, 1.165) is 11.5 Å². The topological polar surface area (TPSA) is 23.5 Å². The van der Waals surface area contributed by atoms with Crippen LogP contribution in [0.1, 0.15) is 37.3 Å². The van der Waals surface area contributed by atoms with Crippen molar-refractivity contribution in [2.24, 2.45) is 11.3 Å². The summed E-state index contributed by atoms with van der Waals surface area (Å²) in [5.74, 6) is 1.12. The molecule has 2 heteroatoms. The van der Waals surface area contributed by atoms with Crippen molar-refractivity contribution in [2.75, 3.05) is 14.1 Å². The van der Waals surface area contributed by atoms with E-state index in [1.807, 2.05) is 19.1 Å². The van der Waals surface area contributed by atoms with Crippen LogP contribution in [0.3, 0.4) is 0 Å². The van der Waals surface area contributed by atoms with Gasteiger partial charge in [0.2, 0.25) is 0 Å². The van der Waals surface area contributed by atoms with Crippen molar-refractivity contribution < 1.29 is 5.11 Å². The van der Waals surface area contributed by atoms with Crippen molar-refractivity contribution >= 4 is 5.57 Å². The van der Waals surface area contributed by atoms with Crippen LogP contribution in [-0.2, 0) is 0 Å². The van der Waals surface area contributed by atoms with Crippen molar-refractivity contribution in [2.45, 2.75) is 39.2 Å². The number of hydrogen-bond donors (Lipinski definition) is 1. The molecule has 3 rings (SSSR count). The van der Waals surface area contributed by atoms with Crippen molar-refractivity contribution in [3.63, 3.8) is 0 Å². The Balaban J connectivity index is 2.11. The molecule has 0 aliphatic heterocycles. The molecule has 2 bridgehead atoms. The smallest absolute Gasteiger partial charge is 0.116 e. The molecule has 1 aromatic carbocycles. The quantitative estimate of drug-likeness (QED) is 0.883. The molecule has 0 aromatic heterocycles. The predicted octanol–water partition coefficient (Wildman–Crippen LogP) is 3.83. The van der Waals surface area contributed by atoms with Gasteiger partial charge in [-0.1, -0.05) is 19.1 Å². The third kappa shape index (κ3) is 2.26. The van der Waals surface area contributed by atoms with Crippen LogP contribution < -0.4 is 0 Å². The Kier molecular flexibility index (Phi) is 3.17. The molecule has 2 aliphatic carbocycles. The fourth-order valence-electron chi connectivity index (χ4n) is 4.32. The standard InChI is InChI=1S/C18H25NO/c1-12-7-14(9-15(20)8-12)16-11-18(2)6-5-13(10-18)17(16)19(3)4/h7-9,11,13,17,20H,5-6,10H2,1-4H3. The first-order valence-corrected chi connectivity index (χ1v) is 7.58. The van der Waals surface area contributed by atoms with Gasteiger partial charge in [-0.2, -0.15) is 0 Å². The van der Waals surface area contributed by atoms with Gasteiger partial charge in [0.1, 0.15) is 5.75 Å². The van der Waals surface area contributed by atoms with Crippen LogP contribution in [0.4, 0.5) is 0 Å². The molecule has 108 valence electrons. The van der Waals surface area contributed by atoms with E-state index in [2.05, 4.69) is 38.1 Å². The number of phenols is 1. The predicted molar refractivity (Wildman–Crippen MR) is 83.7 cm³/mol. The van der Waals surface area contributed by atoms with Gasteiger partial charge in [0.25, 0.3) is 0 Å². The van der Waals surface area contributed by atoms with Crippen LogP contribution in [-0.4, -0.2) is 30.1 Å². The molecule has 0 heterocycles. The van der Waals surface area contributed by atoms with E-state index in [1.54, 1.807) is 0 Å². The highest BCUT2D eigenvalue weighted by Crippen LogP contribution is 2.52. The van der Waals surface area contributed by atoms with Crippen molar-refractivity contribution in [3.8, 4) is 5.75 Å². The van der Waals surface area contributed by atoms with Gasteiger partial charge in [-0.25, -0.2) is 0 Å². The molecule has 20 heavy (non-hydrogen) atoms. The second-order valence-electron chi connectivity index (χ2n) is 7.22. The molecule has 0 radical (unpaired) electrons. The first kappa shape index (κ1) is 13.7. The van der Waals surface area contributed by atoms with E-state index in [4.69, 9.17) is 0 Å². The van der Waals surface area contributed by atoms with Gasteiger partial charge in [-0.15, -0.1) is 0 Å². The van der Waals surface area contributed by atoms with Crippen molar-refractivity contribution in [3.05, 3.63) is 35.4 Å². The van der Waals surface area contributed by atoms with E-state index in [1.165, 1.54) is 30.4 Å². The molecule has 1 N–H and O–H groups in total. The molecule has 1 fully saturated rings. The minimum Gasteiger partial charge on any atom is -0.508 e. The van der Waals surface area contributed by atoms with Gasteiger partial charge < -0.3 is 10.0 Å². The molecule has 1 saturated carbocycles. The third-order valence-electron chi connectivity index (χ3n) is 5.04. The minimum absolute atomic E-state index is 0.353. The van der Waals surface area contributed by atoms with Gasteiger partial charge in [0, 0.05) is 6.04 Å². The number of allylic oxidation sites excluding steroid dienone is 1. The van der Waals surface area contributed by atoms with Crippen LogP contribution in [0.25, 0.3) is 5.57 Å². The normalized spacial score (nSPS) is 32.5. The highest BCUT2D eigenvalue weighted by Gasteiger charge is 2.44. The van der Waals surface area contributed by atoms with Gasteiger partial charge in [0.15, 0.2) is 0 Å². The summed E-state index contributed by atoms with van der Waals surface area (Å²) in [6, 6.07) is 6.43. The average molecular weight is 271 g/mol. The molecular weight excluding hydrogens is 246 g/mol. The van der Waals surface area contributed by atoms with Crippen LogP contribution in [0.15, 0.2) is 24.3 Å². The molecule has 0 amide bonds. The number of aromatic hydroxyl groups is 1. The summed E-state index contributed by atoms with van der Waals surface area (Å²) in [7, 11) is 4.35. The zero-order chi connectivity index (χ0) is 14.5. The second-order valence-corrected chi connectivity index (χ2v) is 7.22. The number of likely N-dealkylation sites (N-methyl/N-ethyl adjacent to an activating group) is 1. The van der Waals surface area contributed by atoms with Gasteiger partial charge in [0.05, 0.1) is 0 Å². The summed E-state index contributed by atoms with van der Waals surface area (Å²) in [6.45, 7) is 4.43. The maximum absolute atomic E-state index is 9.92. The van der Waals surface area contributed by atoms with Crippen molar-refractivity contribution in [1.82, 2.24) is 4.90 Å². The van der Waals surface area contributed by atoms with Gasteiger partial charge >= 0.3 is 0 Å². The average Bonchev–Trinajstić information content (AvgIpc) is 2.63. The molecule has 3 atom stereocenters. The van der Waals surface area contributed by atoms with Gasteiger partial charge in [-0.05, 0) is 80.4 Å². The lowest BCUT2D eigenvalue weighted by molar-refractivity contribution is 0.243. The lowest BCUT2D eigenvalue weighted by Gasteiger charge is -2.38. The molecule has 1 aromatic rings. The van der Waals surface area contributed by atoms with E-state index in [9.17, 15) is 5.11 Å². The Bertz CT molecular complexity index is 540. The van der Waals surface area contributed by atoms with E-state index in [0.29, 0.717) is 17.2 Å². The molecule has 0 spiro atoms. The fraction of sp³-hybridized carbons (Fsp3) is 0.556. The Hall–Kier alpha value is -1.28. The minimum atomic E-state index is 0.353. The Labute approximate surface area is 122 Å². The molecular formula is C18H25NO. The number of fused-ring (bicyclic) bond motifs is 2. The number of phenolic OH excluding ortho intramolecular Hbond substituents is 1. The van der Waals surface area contributed by atoms with Gasteiger partial charge in [-0.3, -0.25) is 0 Å².